The number of carboxylic acids is 1. The molecule has 0 aliphatic carbocycles. The zero-order valence-corrected chi connectivity index (χ0v) is 21.4. The maximum Gasteiger partial charge on any atom is 0.330 e. The molecule has 0 aromatic carbocycles. The van der Waals surface area contributed by atoms with Crippen LogP contribution < -0.4 is 0 Å². The van der Waals surface area contributed by atoms with Crippen LogP contribution in [0.5, 0.6) is 0 Å². The molecule has 0 saturated carbocycles. The van der Waals surface area contributed by atoms with Gasteiger partial charge < -0.3 is 52.8 Å². The van der Waals surface area contributed by atoms with E-state index in [0.29, 0.717) is 112 Å². The molecule has 0 heterocycles. The van der Waals surface area contributed by atoms with E-state index in [-0.39, 0.29) is 12.2 Å². The number of ether oxygens (including phenoxy) is 9. The van der Waals surface area contributed by atoms with Crippen LogP contribution in [0.15, 0.2) is 12.2 Å². The molecule has 12 nitrogen and oxygen atoms in total. The number of hydrogen-bond donors (Lipinski definition) is 2. The van der Waals surface area contributed by atoms with Crippen molar-refractivity contribution in [3.05, 3.63) is 12.2 Å². The van der Waals surface area contributed by atoms with Crippen molar-refractivity contribution in [2.45, 2.75) is 6.92 Å². The van der Waals surface area contributed by atoms with Gasteiger partial charge in [-0.3, -0.25) is 0 Å². The number of methoxy groups -OCH3 is 1. The smallest absolute Gasteiger partial charge is 0.330 e. The molecule has 0 spiro atoms. The number of rotatable bonds is 27. The average Bonchev–Trinajstić information content (AvgIpc) is 2.84. The second kappa shape index (κ2) is 32.8. The summed E-state index contributed by atoms with van der Waals surface area (Å²) < 4.78 is 47.4. The third-order valence-electron chi connectivity index (χ3n) is 3.64. The molecule has 0 fully saturated rings. The van der Waals surface area contributed by atoms with Crippen LogP contribution in [-0.2, 0) is 47.4 Å². The van der Waals surface area contributed by atoms with Crippen LogP contribution in [0.1, 0.15) is 6.92 Å². The van der Waals surface area contributed by atoms with Gasteiger partial charge in [-0.25, -0.2) is 4.79 Å². The van der Waals surface area contributed by atoms with Crippen LogP contribution in [0.3, 0.4) is 0 Å². The van der Waals surface area contributed by atoms with Gasteiger partial charge in [-0.2, -0.15) is 0 Å². The van der Waals surface area contributed by atoms with Gasteiger partial charge in [0.1, 0.15) is 0 Å². The Balaban J connectivity index is 0. The summed E-state index contributed by atoms with van der Waals surface area (Å²) in [5.41, 5.74) is 0.176. The van der Waals surface area contributed by atoms with Crippen LogP contribution in [0.25, 0.3) is 0 Å². The summed E-state index contributed by atoms with van der Waals surface area (Å²) in [6, 6.07) is 0. The summed E-state index contributed by atoms with van der Waals surface area (Å²) in [6.07, 6.45) is 0. The molecule has 0 aromatic rings. The lowest BCUT2D eigenvalue weighted by Gasteiger charge is -2.08. The van der Waals surface area contributed by atoms with Crippen molar-refractivity contribution in [2.24, 2.45) is 0 Å². The second-order valence-electron chi connectivity index (χ2n) is 6.70. The van der Waals surface area contributed by atoms with Crippen molar-refractivity contribution < 1.29 is 57.6 Å². The van der Waals surface area contributed by atoms with Gasteiger partial charge in [0.2, 0.25) is 0 Å². The number of aliphatic carboxylic acids is 1. The Hall–Kier alpha value is -1.19. The number of aliphatic hydroxyl groups is 1. The Labute approximate surface area is 209 Å². The number of carboxylic acid groups (broad SMARTS) is 1. The highest BCUT2D eigenvalue weighted by Gasteiger charge is 1.95. The van der Waals surface area contributed by atoms with Crippen LogP contribution in [0.2, 0.25) is 0 Å². The SMILES string of the molecule is C=C(C)C(=O)O.COCCOCCOCCOCCOCCOCCOCCOCCOCCO. The van der Waals surface area contributed by atoms with E-state index in [1.807, 2.05) is 0 Å². The molecule has 0 aliphatic heterocycles. The van der Waals surface area contributed by atoms with Crippen molar-refractivity contribution >= 4 is 5.97 Å². The second-order valence-corrected chi connectivity index (χ2v) is 6.70. The van der Waals surface area contributed by atoms with Gasteiger partial charge in [-0.15, -0.1) is 0 Å². The summed E-state index contributed by atoms with van der Waals surface area (Å²) in [5, 5.41) is 16.4. The van der Waals surface area contributed by atoms with Gasteiger partial charge in [0.25, 0.3) is 0 Å². The maximum atomic E-state index is 9.60. The van der Waals surface area contributed by atoms with Gasteiger partial charge in [-0.05, 0) is 6.92 Å². The molecule has 0 aromatic heterocycles. The van der Waals surface area contributed by atoms with Gasteiger partial charge >= 0.3 is 5.97 Å². The van der Waals surface area contributed by atoms with E-state index in [2.05, 4.69) is 6.58 Å². The molecular formula is C23H46O12. The van der Waals surface area contributed by atoms with Gasteiger partial charge in [0.15, 0.2) is 0 Å². The average molecular weight is 515 g/mol. The zero-order valence-electron chi connectivity index (χ0n) is 21.4. The first-order valence-electron chi connectivity index (χ1n) is 11.7. The van der Waals surface area contributed by atoms with Crippen molar-refractivity contribution in [1.82, 2.24) is 0 Å². The third kappa shape index (κ3) is 37.5. The number of carbonyl (C=O) groups is 1. The Morgan fingerprint density at radius 2 is 0.743 bits per heavy atom. The molecule has 35 heavy (non-hydrogen) atoms. The summed E-state index contributed by atoms with van der Waals surface area (Å²) in [6.45, 7) is 13.5. The van der Waals surface area contributed by atoms with Crippen LogP contribution >= 0.6 is 0 Å². The molecule has 0 saturated heterocycles. The minimum Gasteiger partial charge on any atom is -0.478 e. The lowest BCUT2D eigenvalue weighted by atomic mass is 10.4. The highest BCUT2D eigenvalue weighted by molar-refractivity contribution is 5.84. The van der Waals surface area contributed by atoms with Gasteiger partial charge in [0.05, 0.1) is 119 Å². The minimum atomic E-state index is -0.935. The van der Waals surface area contributed by atoms with Crippen molar-refractivity contribution in [3.63, 3.8) is 0 Å². The first kappa shape index (κ1) is 36.0. The van der Waals surface area contributed by atoms with Crippen LogP contribution in [0, 0.1) is 0 Å². The van der Waals surface area contributed by atoms with E-state index >= 15 is 0 Å². The van der Waals surface area contributed by atoms with Gasteiger partial charge in [0, 0.05) is 12.7 Å². The van der Waals surface area contributed by atoms with E-state index in [0.717, 1.165) is 0 Å². The molecular weight excluding hydrogens is 468 g/mol. The highest BCUT2D eigenvalue weighted by Crippen LogP contribution is 1.86. The Morgan fingerprint density at radius 1 is 0.543 bits per heavy atom. The maximum absolute atomic E-state index is 9.60. The predicted molar refractivity (Wildman–Crippen MR) is 128 cm³/mol. The first-order chi connectivity index (χ1) is 17.1. The monoisotopic (exact) mass is 514 g/mol. The molecule has 0 aliphatic rings. The summed E-state index contributed by atoms with van der Waals surface area (Å²) >= 11 is 0. The van der Waals surface area contributed by atoms with Crippen molar-refractivity contribution in [1.29, 1.82) is 0 Å². The lowest BCUT2D eigenvalue weighted by molar-refractivity contribution is -0.132. The Morgan fingerprint density at radius 3 is 0.914 bits per heavy atom. The molecule has 0 bridgehead atoms. The standard InChI is InChI=1S/C19H40O10.C4H6O2/c1-21-4-5-23-8-9-25-12-13-27-16-17-29-19-18-28-15-14-26-11-10-24-7-6-22-3-2-20;1-3(2)4(5)6/h20H,2-19H2,1H3;1H2,2H3,(H,5,6). The van der Waals surface area contributed by atoms with Crippen molar-refractivity contribution in [2.75, 3.05) is 126 Å². The quantitative estimate of drug-likeness (QED) is 0.116. The molecule has 0 atom stereocenters. The normalized spacial score (nSPS) is 10.7. The Kier molecular flexibility index (Phi) is 33.7. The summed E-state index contributed by atoms with van der Waals surface area (Å²) in [5.74, 6) is -0.935. The number of aliphatic hydroxyl groups excluding tert-OH is 1. The molecule has 0 rings (SSSR count). The molecule has 12 heteroatoms. The van der Waals surface area contributed by atoms with Crippen molar-refractivity contribution in [3.8, 4) is 0 Å². The lowest BCUT2D eigenvalue weighted by Crippen LogP contribution is -2.15. The highest BCUT2D eigenvalue weighted by atomic mass is 16.6. The predicted octanol–water partition coefficient (Wildman–Crippen LogP) is 0.405. The molecule has 0 unspecified atom stereocenters. The van der Waals surface area contributed by atoms with E-state index in [1.165, 1.54) is 6.92 Å². The van der Waals surface area contributed by atoms with E-state index < -0.39 is 5.97 Å². The summed E-state index contributed by atoms with van der Waals surface area (Å²) in [7, 11) is 1.64. The largest absolute Gasteiger partial charge is 0.478 e. The molecule has 0 amide bonds. The minimum absolute atomic E-state index is 0.0322. The fourth-order valence-corrected chi connectivity index (χ4v) is 1.85. The molecule has 2 N–H and O–H groups in total. The Bertz CT molecular complexity index is 399. The first-order valence-corrected chi connectivity index (χ1v) is 11.7. The van der Waals surface area contributed by atoms with Crippen LogP contribution in [0.4, 0.5) is 0 Å². The summed E-state index contributed by atoms with van der Waals surface area (Å²) in [4.78, 5) is 9.60. The van der Waals surface area contributed by atoms with E-state index in [9.17, 15) is 4.79 Å². The molecule has 0 radical (unpaired) electrons. The number of hydrogen-bond acceptors (Lipinski definition) is 11. The van der Waals surface area contributed by atoms with E-state index in [1.54, 1.807) is 7.11 Å². The van der Waals surface area contributed by atoms with Crippen LogP contribution in [-0.4, -0.2) is 142 Å². The van der Waals surface area contributed by atoms with Gasteiger partial charge in [-0.1, -0.05) is 6.58 Å². The fourth-order valence-electron chi connectivity index (χ4n) is 1.85. The fraction of sp³-hybridized carbons (Fsp3) is 0.870. The zero-order chi connectivity index (χ0) is 26.2. The molecule has 210 valence electrons. The topological polar surface area (TPSA) is 141 Å². The van der Waals surface area contributed by atoms with E-state index in [4.69, 9.17) is 52.8 Å². The third-order valence-corrected chi connectivity index (χ3v) is 3.64.